The van der Waals surface area contributed by atoms with Crippen molar-refractivity contribution in [3.05, 3.63) is 33.9 Å². The minimum absolute atomic E-state index is 0.110. The highest BCUT2D eigenvalue weighted by Gasteiger charge is 2.40. The van der Waals surface area contributed by atoms with Crippen LogP contribution in [0.1, 0.15) is 0 Å². The number of benzene rings is 1. The van der Waals surface area contributed by atoms with Crippen LogP contribution in [0.5, 0.6) is 0 Å². The van der Waals surface area contributed by atoms with E-state index < -0.39 is 40.0 Å². The molecule has 0 aliphatic rings. The number of amides is 1. The van der Waals surface area contributed by atoms with Gasteiger partial charge >= 0.3 is 12.1 Å². The highest BCUT2D eigenvalue weighted by atomic mass is 19.4. The molecule has 0 aliphatic carbocycles. The van der Waals surface area contributed by atoms with Crippen LogP contribution in [-0.4, -0.2) is 17.0 Å². The predicted octanol–water partition coefficient (Wildman–Crippen LogP) is 2.37. The van der Waals surface area contributed by atoms with E-state index in [2.05, 4.69) is 0 Å². The van der Waals surface area contributed by atoms with Gasteiger partial charge in [0.25, 0.3) is 5.69 Å². The smallest absolute Gasteiger partial charge is 0.310 e. The van der Waals surface area contributed by atoms with Gasteiger partial charge in [0.15, 0.2) is 11.5 Å². The van der Waals surface area contributed by atoms with Crippen LogP contribution in [-0.2, 0) is 4.79 Å². The lowest BCUT2D eigenvalue weighted by Crippen LogP contribution is -2.30. The molecular weight excluding hydrogens is 267 g/mol. The first-order valence-corrected chi connectivity index (χ1v) is 4.14. The van der Waals surface area contributed by atoms with Crippen LogP contribution in [0.15, 0.2) is 12.1 Å². The first-order chi connectivity index (χ1) is 8.12. The summed E-state index contributed by atoms with van der Waals surface area (Å²) in [4.78, 5) is 19.6. The molecule has 1 aromatic rings. The number of halogens is 5. The van der Waals surface area contributed by atoms with Gasteiger partial charge in [-0.05, 0) is 0 Å². The summed E-state index contributed by atoms with van der Waals surface area (Å²) in [6.45, 7) is 0. The number of nitrogens with one attached hydrogen (secondary N) is 1. The van der Waals surface area contributed by atoms with Gasteiger partial charge in [0, 0.05) is 6.07 Å². The SMILES string of the molecule is O=C(Nc1c(F)cc(F)cc1[N+](=O)[O-])C(F)(F)F. The second-order valence-electron chi connectivity index (χ2n) is 2.99. The van der Waals surface area contributed by atoms with Gasteiger partial charge in [0.2, 0.25) is 0 Å². The van der Waals surface area contributed by atoms with Crippen LogP contribution < -0.4 is 5.32 Å². The minimum Gasteiger partial charge on any atom is -0.310 e. The molecule has 0 aromatic heterocycles. The van der Waals surface area contributed by atoms with E-state index in [4.69, 9.17) is 0 Å². The second kappa shape index (κ2) is 4.55. The predicted molar refractivity (Wildman–Crippen MR) is 47.7 cm³/mol. The van der Waals surface area contributed by atoms with E-state index in [1.807, 2.05) is 0 Å². The van der Waals surface area contributed by atoms with Gasteiger partial charge in [0.1, 0.15) is 5.82 Å². The number of rotatable bonds is 2. The van der Waals surface area contributed by atoms with Crippen molar-refractivity contribution >= 4 is 17.3 Å². The Morgan fingerprint density at radius 3 is 2.28 bits per heavy atom. The molecule has 5 nitrogen and oxygen atoms in total. The molecule has 1 amide bonds. The molecule has 1 rings (SSSR count). The lowest BCUT2D eigenvalue weighted by Gasteiger charge is -2.09. The maximum atomic E-state index is 13.1. The van der Waals surface area contributed by atoms with E-state index in [9.17, 15) is 36.9 Å². The fourth-order valence-corrected chi connectivity index (χ4v) is 1.01. The largest absolute Gasteiger partial charge is 0.471 e. The third-order valence-corrected chi connectivity index (χ3v) is 1.73. The number of nitrogens with zero attached hydrogens (tertiary/aromatic N) is 1. The van der Waals surface area contributed by atoms with Crippen molar-refractivity contribution in [1.82, 2.24) is 0 Å². The highest BCUT2D eigenvalue weighted by molar-refractivity contribution is 5.96. The van der Waals surface area contributed by atoms with Gasteiger partial charge in [-0.15, -0.1) is 0 Å². The monoisotopic (exact) mass is 270 g/mol. The van der Waals surface area contributed by atoms with E-state index in [-0.39, 0.29) is 12.1 Å². The standard InChI is InChI=1S/C8H3F5N2O3/c9-3-1-4(10)6(5(2-3)15(17)18)14-7(16)8(11,12)13/h1-2H,(H,14,16). The molecule has 0 aliphatic heterocycles. The number of hydrogen-bond donors (Lipinski definition) is 1. The summed E-state index contributed by atoms with van der Waals surface area (Å²) in [5, 5.41) is 11.4. The quantitative estimate of drug-likeness (QED) is 0.509. The van der Waals surface area contributed by atoms with Crippen LogP contribution >= 0.6 is 0 Å². The highest BCUT2D eigenvalue weighted by Crippen LogP contribution is 2.30. The second-order valence-corrected chi connectivity index (χ2v) is 2.99. The van der Waals surface area contributed by atoms with Crippen LogP contribution in [0.2, 0.25) is 0 Å². The van der Waals surface area contributed by atoms with E-state index in [1.165, 1.54) is 0 Å². The normalized spacial score (nSPS) is 11.2. The number of hydrogen-bond acceptors (Lipinski definition) is 3. The Hall–Kier alpha value is -2.26. The lowest BCUT2D eigenvalue weighted by atomic mass is 10.2. The summed E-state index contributed by atoms with van der Waals surface area (Å²) in [6.07, 6.45) is -5.35. The van der Waals surface area contributed by atoms with Gasteiger partial charge in [-0.1, -0.05) is 0 Å². The fourth-order valence-electron chi connectivity index (χ4n) is 1.01. The molecule has 0 spiro atoms. The van der Waals surface area contributed by atoms with Crippen molar-refractivity contribution in [2.75, 3.05) is 5.32 Å². The van der Waals surface area contributed by atoms with Crippen molar-refractivity contribution < 1.29 is 31.7 Å². The third-order valence-electron chi connectivity index (χ3n) is 1.73. The maximum absolute atomic E-state index is 13.1. The average Bonchev–Trinajstić information content (AvgIpc) is 2.19. The van der Waals surface area contributed by atoms with E-state index in [0.717, 1.165) is 5.32 Å². The minimum atomic E-state index is -5.35. The van der Waals surface area contributed by atoms with Crippen molar-refractivity contribution in [3.63, 3.8) is 0 Å². The molecule has 0 bridgehead atoms. The Labute approximate surface area is 95.4 Å². The molecule has 0 atom stereocenters. The third kappa shape index (κ3) is 2.90. The van der Waals surface area contributed by atoms with Crippen LogP contribution in [0.3, 0.4) is 0 Å². The van der Waals surface area contributed by atoms with Crippen LogP contribution in [0.4, 0.5) is 33.3 Å². The summed E-state index contributed by atoms with van der Waals surface area (Å²) in [5.41, 5.74) is -2.66. The Kier molecular flexibility index (Phi) is 3.49. The maximum Gasteiger partial charge on any atom is 0.471 e. The average molecular weight is 270 g/mol. The first kappa shape index (κ1) is 13.8. The molecule has 0 saturated heterocycles. The summed E-state index contributed by atoms with van der Waals surface area (Å²) < 4.78 is 61.5. The summed E-state index contributed by atoms with van der Waals surface area (Å²) >= 11 is 0. The summed E-state index contributed by atoms with van der Waals surface area (Å²) in [5.74, 6) is -5.64. The Balaban J connectivity index is 3.24. The number of nitro groups is 1. The van der Waals surface area contributed by atoms with Crippen molar-refractivity contribution in [2.45, 2.75) is 6.18 Å². The summed E-state index contributed by atoms with van der Waals surface area (Å²) in [6, 6.07) is 0.300. The molecule has 0 radical (unpaired) electrons. The van der Waals surface area contributed by atoms with E-state index >= 15 is 0 Å². The Morgan fingerprint density at radius 2 is 1.83 bits per heavy atom. The molecule has 98 valence electrons. The van der Waals surface area contributed by atoms with E-state index in [0.29, 0.717) is 0 Å². The van der Waals surface area contributed by atoms with E-state index in [1.54, 1.807) is 0 Å². The number of anilines is 1. The van der Waals surface area contributed by atoms with Crippen molar-refractivity contribution in [2.24, 2.45) is 0 Å². The zero-order valence-corrected chi connectivity index (χ0v) is 8.22. The van der Waals surface area contributed by atoms with Gasteiger partial charge in [-0.2, -0.15) is 13.2 Å². The molecule has 1 aromatic carbocycles. The topological polar surface area (TPSA) is 72.2 Å². The number of nitro benzene ring substituents is 1. The lowest BCUT2D eigenvalue weighted by molar-refractivity contribution is -0.384. The van der Waals surface area contributed by atoms with Crippen molar-refractivity contribution in [3.8, 4) is 0 Å². The molecule has 0 unspecified atom stereocenters. The number of alkyl halides is 3. The van der Waals surface area contributed by atoms with Crippen LogP contribution in [0.25, 0.3) is 0 Å². The van der Waals surface area contributed by atoms with Crippen LogP contribution in [0, 0.1) is 21.7 Å². The molecule has 18 heavy (non-hydrogen) atoms. The molecule has 0 heterocycles. The van der Waals surface area contributed by atoms with Crippen molar-refractivity contribution in [1.29, 1.82) is 0 Å². The molecule has 0 fully saturated rings. The number of carbonyl (C=O) groups excluding carboxylic acids is 1. The Morgan fingerprint density at radius 1 is 1.28 bits per heavy atom. The molecule has 0 saturated carbocycles. The molecule has 10 heteroatoms. The summed E-state index contributed by atoms with van der Waals surface area (Å²) in [7, 11) is 0. The Bertz CT molecular complexity index is 514. The molecule has 1 N–H and O–H groups in total. The van der Waals surface area contributed by atoms with Gasteiger partial charge in [-0.3, -0.25) is 14.9 Å². The zero-order chi connectivity index (χ0) is 14.1. The van der Waals surface area contributed by atoms with Gasteiger partial charge < -0.3 is 5.32 Å². The fraction of sp³-hybridized carbons (Fsp3) is 0.125. The van der Waals surface area contributed by atoms with Gasteiger partial charge in [-0.25, -0.2) is 8.78 Å². The zero-order valence-electron chi connectivity index (χ0n) is 8.22. The first-order valence-electron chi connectivity index (χ1n) is 4.14. The molecular formula is C8H3F5N2O3. The number of carbonyl (C=O) groups is 1. The van der Waals surface area contributed by atoms with Gasteiger partial charge in [0.05, 0.1) is 11.0 Å².